The van der Waals surface area contributed by atoms with E-state index in [1.807, 2.05) is 31.2 Å². The molecule has 58 heavy (non-hydrogen) atoms. The van der Waals surface area contributed by atoms with Crippen LogP contribution < -0.4 is 0 Å². The van der Waals surface area contributed by atoms with Crippen molar-refractivity contribution in [3.63, 3.8) is 0 Å². The van der Waals surface area contributed by atoms with E-state index in [1.165, 1.54) is 154 Å². The first-order valence-corrected chi connectivity index (χ1v) is 25.6. The van der Waals surface area contributed by atoms with Crippen molar-refractivity contribution in [1.82, 2.24) is 0 Å². The van der Waals surface area contributed by atoms with Crippen molar-refractivity contribution in [2.45, 2.75) is 243 Å². The van der Waals surface area contributed by atoms with Crippen LogP contribution in [0.4, 0.5) is 0 Å². The van der Waals surface area contributed by atoms with Crippen molar-refractivity contribution in [2.24, 2.45) is 53.3 Å². The molecule has 2 aromatic carbocycles. The van der Waals surface area contributed by atoms with Gasteiger partial charge in [0, 0.05) is 16.3 Å². The topological polar surface area (TPSA) is 40.5 Å². The molecule has 0 saturated carbocycles. The van der Waals surface area contributed by atoms with Gasteiger partial charge in [0.1, 0.15) is 11.5 Å². The van der Waals surface area contributed by atoms with Crippen molar-refractivity contribution >= 4 is 10.8 Å². The predicted molar refractivity (Wildman–Crippen MR) is 259 cm³/mol. The molecule has 2 N–H and O–H groups in total. The lowest BCUT2D eigenvalue weighted by Gasteiger charge is -2.18. The fourth-order valence-electron chi connectivity index (χ4n) is 10.0. The number of hydrogen-bond donors (Lipinski definition) is 2. The maximum absolute atomic E-state index is 10.9. The highest BCUT2D eigenvalue weighted by Gasteiger charge is 2.17. The van der Waals surface area contributed by atoms with Gasteiger partial charge in [-0.25, -0.2) is 0 Å². The highest BCUT2D eigenvalue weighted by atomic mass is 16.3. The van der Waals surface area contributed by atoms with Crippen LogP contribution in [0, 0.1) is 60.2 Å². The van der Waals surface area contributed by atoms with Crippen LogP contribution in [0.25, 0.3) is 10.8 Å². The molecule has 0 radical (unpaired) electrons. The molecular weight excluding hydrogens is 705 g/mol. The Morgan fingerprint density at radius 2 is 0.586 bits per heavy atom. The van der Waals surface area contributed by atoms with Gasteiger partial charge < -0.3 is 10.2 Å². The third kappa shape index (κ3) is 22.8. The first-order valence-electron chi connectivity index (χ1n) is 25.6. The van der Waals surface area contributed by atoms with Crippen LogP contribution in [-0.4, -0.2) is 10.2 Å². The van der Waals surface area contributed by atoms with E-state index >= 15 is 0 Å². The maximum Gasteiger partial charge on any atom is 0.127 e. The molecule has 0 aromatic heterocycles. The molecule has 2 rings (SSSR count). The Morgan fingerprint density at radius 3 is 0.862 bits per heavy atom. The summed E-state index contributed by atoms with van der Waals surface area (Å²) in [6.45, 7) is 26.5. The number of hydrogen-bond acceptors (Lipinski definition) is 2. The molecule has 2 nitrogen and oxygen atoms in total. The Balaban J connectivity index is 1.42. The summed E-state index contributed by atoms with van der Waals surface area (Å²) in [7, 11) is 0. The SMILES string of the molecule is Cc1c(CCC(C)CCC[C@H](C)CCCC(C)CCCC(C)CCCC(C)CCCC(C)CCC[C@@H](C)CCC[C@H](C)CCCC(C)C)c(O)c2ccccc2c1O. The highest BCUT2D eigenvalue weighted by Crippen LogP contribution is 2.40. The second kappa shape index (κ2) is 30.3. The van der Waals surface area contributed by atoms with Crippen molar-refractivity contribution in [1.29, 1.82) is 0 Å². The van der Waals surface area contributed by atoms with E-state index in [0.717, 1.165) is 82.1 Å². The Hall–Kier alpha value is -1.70. The number of aromatic hydroxyl groups is 2. The molecule has 0 saturated heterocycles. The van der Waals surface area contributed by atoms with E-state index in [9.17, 15) is 10.2 Å². The maximum atomic E-state index is 10.9. The molecule has 0 heterocycles. The predicted octanol–water partition coefficient (Wildman–Crippen LogP) is 18.6. The van der Waals surface area contributed by atoms with E-state index in [2.05, 4.69) is 69.2 Å². The first kappa shape index (κ1) is 52.4. The fourth-order valence-corrected chi connectivity index (χ4v) is 10.0. The quantitative estimate of drug-likeness (QED) is 0.0681. The summed E-state index contributed by atoms with van der Waals surface area (Å²) in [5.41, 5.74) is 1.75. The molecule has 0 spiro atoms. The number of phenolic OH excluding ortho intramolecular Hbond substituents is 2. The molecule has 0 aliphatic rings. The lowest BCUT2D eigenvalue weighted by atomic mass is 9.88. The summed E-state index contributed by atoms with van der Waals surface area (Å²) in [6.07, 6.45) is 35.6. The van der Waals surface area contributed by atoms with Crippen LogP contribution in [0.3, 0.4) is 0 Å². The normalized spacial score (nSPS) is 16.3. The summed E-state index contributed by atoms with van der Waals surface area (Å²) in [6, 6.07) is 7.63. The van der Waals surface area contributed by atoms with Crippen LogP contribution in [0.1, 0.15) is 241 Å². The molecular formula is C56H100O2. The number of phenols is 2. The Morgan fingerprint density at radius 1 is 0.345 bits per heavy atom. The van der Waals surface area contributed by atoms with Crippen LogP contribution in [-0.2, 0) is 6.42 Å². The molecule has 0 bridgehead atoms. The molecule has 5 unspecified atom stereocenters. The molecule has 0 fully saturated rings. The Bertz CT molecular complexity index is 1310. The van der Waals surface area contributed by atoms with Crippen LogP contribution in [0.2, 0.25) is 0 Å². The first-order chi connectivity index (χ1) is 27.7. The van der Waals surface area contributed by atoms with Crippen LogP contribution >= 0.6 is 0 Å². The van der Waals surface area contributed by atoms with Gasteiger partial charge in [-0.05, 0) is 78.6 Å². The minimum atomic E-state index is 0.318. The zero-order valence-corrected chi connectivity index (χ0v) is 40.8. The Kier molecular flexibility index (Phi) is 27.4. The van der Waals surface area contributed by atoms with E-state index < -0.39 is 0 Å². The van der Waals surface area contributed by atoms with Crippen molar-refractivity contribution in [3.8, 4) is 11.5 Å². The standard InChI is InChI=1S/C56H100O2/c1-42(2)22-14-23-43(3)24-15-25-44(4)26-16-27-45(5)28-17-29-46(6)30-18-31-47(7)32-19-33-48(8)34-20-35-49(9)36-21-37-50(10)40-41-52-51(11)55(57)53-38-12-13-39-54(53)56(52)58/h12-13,38-39,42-50,57-58H,14-37,40-41H2,1-11H3/t43-,44+,45?,46?,47?,48?,49-,50?/m1/s1. The zero-order chi connectivity index (χ0) is 42.9. The van der Waals surface area contributed by atoms with Gasteiger partial charge in [0.2, 0.25) is 0 Å². The highest BCUT2D eigenvalue weighted by molar-refractivity contribution is 5.95. The monoisotopic (exact) mass is 805 g/mol. The van der Waals surface area contributed by atoms with Gasteiger partial charge in [-0.2, -0.15) is 0 Å². The minimum Gasteiger partial charge on any atom is -0.507 e. The Labute approximate surface area is 362 Å². The molecule has 2 aromatic rings. The third-order valence-electron chi connectivity index (χ3n) is 14.7. The third-order valence-corrected chi connectivity index (χ3v) is 14.7. The van der Waals surface area contributed by atoms with Gasteiger partial charge in [-0.3, -0.25) is 0 Å². The summed E-state index contributed by atoms with van der Waals surface area (Å²) < 4.78 is 0. The average Bonchev–Trinajstić information content (AvgIpc) is 3.17. The van der Waals surface area contributed by atoms with E-state index in [4.69, 9.17) is 0 Å². The smallest absolute Gasteiger partial charge is 0.127 e. The zero-order valence-electron chi connectivity index (χ0n) is 40.8. The number of rotatable bonds is 35. The van der Waals surface area contributed by atoms with E-state index in [-0.39, 0.29) is 0 Å². The molecule has 0 aliphatic carbocycles. The molecule has 0 aliphatic heterocycles. The van der Waals surface area contributed by atoms with Gasteiger partial charge in [0.25, 0.3) is 0 Å². The van der Waals surface area contributed by atoms with Crippen LogP contribution in [0.15, 0.2) is 24.3 Å². The fraction of sp³-hybridized carbons (Fsp3) is 0.821. The lowest BCUT2D eigenvalue weighted by molar-refractivity contribution is 0.353. The number of benzene rings is 2. The van der Waals surface area contributed by atoms with Gasteiger partial charge in [0.05, 0.1) is 0 Å². The number of fused-ring (bicyclic) bond motifs is 1. The van der Waals surface area contributed by atoms with Crippen molar-refractivity contribution in [3.05, 3.63) is 35.4 Å². The second-order valence-electron chi connectivity index (χ2n) is 21.6. The van der Waals surface area contributed by atoms with Crippen LogP contribution in [0.5, 0.6) is 11.5 Å². The van der Waals surface area contributed by atoms with Gasteiger partial charge in [-0.15, -0.1) is 0 Å². The van der Waals surface area contributed by atoms with E-state index in [1.54, 1.807) is 0 Å². The van der Waals surface area contributed by atoms with Crippen molar-refractivity contribution in [2.75, 3.05) is 0 Å². The van der Waals surface area contributed by atoms with E-state index in [0.29, 0.717) is 17.4 Å². The molecule has 8 atom stereocenters. The summed E-state index contributed by atoms with van der Waals surface area (Å²) in [5.74, 6) is 8.36. The molecule has 0 amide bonds. The molecule has 2 heteroatoms. The van der Waals surface area contributed by atoms with Gasteiger partial charge in [0.15, 0.2) is 0 Å². The van der Waals surface area contributed by atoms with Gasteiger partial charge >= 0.3 is 0 Å². The average molecular weight is 805 g/mol. The van der Waals surface area contributed by atoms with Gasteiger partial charge in [-0.1, -0.05) is 248 Å². The van der Waals surface area contributed by atoms with Crippen molar-refractivity contribution < 1.29 is 10.2 Å². The summed E-state index contributed by atoms with van der Waals surface area (Å²) >= 11 is 0. The largest absolute Gasteiger partial charge is 0.507 e. The second-order valence-corrected chi connectivity index (χ2v) is 21.6. The summed E-state index contributed by atoms with van der Waals surface area (Å²) in [5, 5.41) is 23.2. The minimum absolute atomic E-state index is 0.318. The molecule has 336 valence electrons. The lowest BCUT2D eigenvalue weighted by Crippen LogP contribution is -2.03. The summed E-state index contributed by atoms with van der Waals surface area (Å²) in [4.78, 5) is 0.